The molecule has 0 unspecified atom stereocenters. The van der Waals surface area contributed by atoms with Gasteiger partial charge >= 0.3 is 5.97 Å². The number of benzene rings is 2. The van der Waals surface area contributed by atoms with Crippen molar-refractivity contribution in [1.29, 1.82) is 0 Å². The van der Waals surface area contributed by atoms with E-state index in [0.29, 0.717) is 26.2 Å². The van der Waals surface area contributed by atoms with Gasteiger partial charge in [-0.2, -0.15) is 0 Å². The molecule has 0 amide bonds. The fourth-order valence-electron chi connectivity index (χ4n) is 3.70. The van der Waals surface area contributed by atoms with Crippen molar-refractivity contribution in [2.24, 2.45) is 0 Å². The first kappa shape index (κ1) is 21.2. The van der Waals surface area contributed by atoms with Crippen molar-refractivity contribution in [3.63, 3.8) is 0 Å². The van der Waals surface area contributed by atoms with Crippen LogP contribution < -0.4 is 9.64 Å². The van der Waals surface area contributed by atoms with Crippen LogP contribution in [0.25, 0.3) is 0 Å². The molecule has 0 aliphatic carbocycles. The molecule has 0 bridgehead atoms. The Labute approximate surface area is 173 Å². The molecule has 0 aromatic heterocycles. The molecule has 0 radical (unpaired) electrons. The lowest BCUT2D eigenvalue weighted by Gasteiger charge is -2.31. The lowest BCUT2D eigenvalue weighted by Crippen LogP contribution is -2.33. The zero-order valence-electron chi connectivity index (χ0n) is 17.4. The molecule has 0 N–H and O–H groups in total. The minimum atomic E-state index is -0.564. The molecule has 0 saturated carbocycles. The summed E-state index contributed by atoms with van der Waals surface area (Å²) in [5, 5.41) is 0. The smallest absolute Gasteiger partial charge is 0.335 e. The summed E-state index contributed by atoms with van der Waals surface area (Å²) in [7, 11) is 0. The summed E-state index contributed by atoms with van der Waals surface area (Å²) < 4.78 is 16.6. The van der Waals surface area contributed by atoms with Crippen LogP contribution in [0.3, 0.4) is 0 Å². The Bertz CT molecular complexity index is 775. The Morgan fingerprint density at radius 1 is 1.07 bits per heavy atom. The van der Waals surface area contributed by atoms with Gasteiger partial charge < -0.3 is 19.1 Å². The van der Waals surface area contributed by atoms with Gasteiger partial charge in [0.2, 0.25) is 0 Å². The van der Waals surface area contributed by atoms with Crippen molar-refractivity contribution in [2.75, 3.05) is 37.8 Å². The molecule has 1 aliphatic rings. The number of fused-ring (bicyclic) bond motifs is 1. The highest BCUT2D eigenvalue weighted by molar-refractivity contribution is 5.75. The minimum Gasteiger partial charge on any atom is -0.492 e. The molecule has 0 fully saturated rings. The van der Waals surface area contributed by atoms with E-state index in [2.05, 4.69) is 29.2 Å². The molecule has 5 nitrogen and oxygen atoms in total. The number of anilines is 1. The third kappa shape index (κ3) is 5.97. The quantitative estimate of drug-likeness (QED) is 0.567. The van der Waals surface area contributed by atoms with E-state index >= 15 is 0 Å². The molecule has 2 aromatic rings. The first-order valence-corrected chi connectivity index (χ1v) is 10.5. The summed E-state index contributed by atoms with van der Waals surface area (Å²) >= 11 is 0. The number of hydrogen-bond donors (Lipinski definition) is 0. The SMILES string of the molecule is CCOC(=O)[C@@H](Cc1ccc(OCCN2CCCc3ccccc32)cc1)OCC. The van der Waals surface area contributed by atoms with E-state index in [1.807, 2.05) is 31.2 Å². The van der Waals surface area contributed by atoms with Crippen LogP contribution in [0.1, 0.15) is 31.4 Å². The molecule has 1 heterocycles. The number of ether oxygens (including phenoxy) is 3. The molecule has 156 valence electrons. The third-order valence-corrected chi connectivity index (χ3v) is 5.10. The minimum absolute atomic E-state index is 0.309. The van der Waals surface area contributed by atoms with E-state index in [9.17, 15) is 4.79 Å². The van der Waals surface area contributed by atoms with Crippen molar-refractivity contribution < 1.29 is 19.0 Å². The summed E-state index contributed by atoms with van der Waals surface area (Å²) in [4.78, 5) is 14.4. The summed E-state index contributed by atoms with van der Waals surface area (Å²) in [5.74, 6) is 0.527. The molecule has 1 aliphatic heterocycles. The lowest BCUT2D eigenvalue weighted by molar-refractivity contribution is -0.156. The van der Waals surface area contributed by atoms with Gasteiger partial charge in [-0.25, -0.2) is 4.79 Å². The van der Waals surface area contributed by atoms with E-state index in [-0.39, 0.29) is 5.97 Å². The number of esters is 1. The van der Waals surface area contributed by atoms with Gasteiger partial charge in [0.25, 0.3) is 0 Å². The molecule has 2 aromatic carbocycles. The number of hydrogen-bond acceptors (Lipinski definition) is 5. The van der Waals surface area contributed by atoms with Gasteiger partial charge in [0.05, 0.1) is 13.2 Å². The van der Waals surface area contributed by atoms with E-state index in [1.54, 1.807) is 6.92 Å². The van der Waals surface area contributed by atoms with Crippen LogP contribution in [0.4, 0.5) is 5.69 Å². The Hall–Kier alpha value is -2.53. The summed E-state index contributed by atoms with van der Waals surface area (Å²) in [5.41, 5.74) is 3.78. The highest BCUT2D eigenvalue weighted by Crippen LogP contribution is 2.26. The molecule has 1 atom stereocenters. The predicted octanol–water partition coefficient (Wildman–Crippen LogP) is 4.03. The summed E-state index contributed by atoms with van der Waals surface area (Å²) in [6, 6.07) is 16.5. The molecule has 29 heavy (non-hydrogen) atoms. The summed E-state index contributed by atoms with van der Waals surface area (Å²) in [6.45, 7) is 7.10. The van der Waals surface area contributed by atoms with Crippen LogP contribution in [0.2, 0.25) is 0 Å². The zero-order valence-corrected chi connectivity index (χ0v) is 17.4. The van der Waals surface area contributed by atoms with Crippen LogP contribution in [0.5, 0.6) is 5.75 Å². The largest absolute Gasteiger partial charge is 0.492 e. The topological polar surface area (TPSA) is 48.0 Å². The molecular weight excluding hydrogens is 366 g/mol. The number of rotatable bonds is 10. The molecule has 3 rings (SSSR count). The Morgan fingerprint density at radius 2 is 1.86 bits per heavy atom. The van der Waals surface area contributed by atoms with Gasteiger partial charge in [-0.05, 0) is 56.0 Å². The van der Waals surface area contributed by atoms with Crippen LogP contribution in [-0.4, -0.2) is 45.0 Å². The van der Waals surface area contributed by atoms with Gasteiger partial charge in [-0.3, -0.25) is 0 Å². The maximum absolute atomic E-state index is 12.0. The molecule has 0 saturated heterocycles. The molecule has 0 spiro atoms. The van der Waals surface area contributed by atoms with Crippen molar-refractivity contribution in [3.8, 4) is 5.75 Å². The van der Waals surface area contributed by atoms with E-state index < -0.39 is 6.10 Å². The van der Waals surface area contributed by atoms with Crippen molar-refractivity contribution in [3.05, 3.63) is 59.7 Å². The van der Waals surface area contributed by atoms with Gasteiger partial charge in [0.15, 0.2) is 6.10 Å². The highest BCUT2D eigenvalue weighted by atomic mass is 16.6. The normalized spacial score (nSPS) is 14.2. The number of para-hydroxylation sites is 1. The second-order valence-electron chi connectivity index (χ2n) is 7.11. The van der Waals surface area contributed by atoms with Gasteiger partial charge in [-0.15, -0.1) is 0 Å². The van der Waals surface area contributed by atoms with Crippen LogP contribution in [-0.2, 0) is 27.1 Å². The second-order valence-corrected chi connectivity index (χ2v) is 7.11. The first-order valence-electron chi connectivity index (χ1n) is 10.5. The van der Waals surface area contributed by atoms with Crippen LogP contribution in [0, 0.1) is 0 Å². The lowest BCUT2D eigenvalue weighted by atomic mass is 10.0. The van der Waals surface area contributed by atoms with Crippen molar-refractivity contribution in [2.45, 2.75) is 39.2 Å². The Kier molecular flexibility index (Phi) is 7.94. The Morgan fingerprint density at radius 3 is 2.62 bits per heavy atom. The number of nitrogens with zero attached hydrogens (tertiary/aromatic N) is 1. The second kappa shape index (κ2) is 10.9. The maximum atomic E-state index is 12.0. The van der Waals surface area contributed by atoms with Gasteiger partial charge in [0, 0.05) is 25.3 Å². The molecular formula is C24H31NO4. The van der Waals surface area contributed by atoms with Crippen molar-refractivity contribution in [1.82, 2.24) is 0 Å². The zero-order chi connectivity index (χ0) is 20.5. The highest BCUT2D eigenvalue weighted by Gasteiger charge is 2.20. The van der Waals surface area contributed by atoms with Crippen molar-refractivity contribution >= 4 is 11.7 Å². The number of carbonyl (C=O) groups excluding carboxylic acids is 1. The monoisotopic (exact) mass is 397 g/mol. The van der Waals surface area contributed by atoms with Gasteiger partial charge in [0.1, 0.15) is 12.4 Å². The van der Waals surface area contributed by atoms with Gasteiger partial charge in [-0.1, -0.05) is 30.3 Å². The van der Waals surface area contributed by atoms with E-state index in [4.69, 9.17) is 14.2 Å². The standard InChI is InChI=1S/C24H31NO4/c1-3-27-23(24(26)28-4-2)18-19-11-13-21(14-12-19)29-17-16-25-15-7-9-20-8-5-6-10-22(20)25/h5-6,8,10-14,23H,3-4,7,9,15-18H2,1-2H3/t23-/m1/s1. The number of carbonyl (C=O) groups is 1. The average molecular weight is 398 g/mol. The van der Waals surface area contributed by atoms with E-state index in [0.717, 1.165) is 30.8 Å². The summed E-state index contributed by atoms with van der Waals surface area (Å²) in [6.07, 6.45) is 2.28. The fourth-order valence-corrected chi connectivity index (χ4v) is 3.70. The Balaban J connectivity index is 1.50. The average Bonchev–Trinajstić information content (AvgIpc) is 2.75. The molecule has 5 heteroatoms. The fraction of sp³-hybridized carbons (Fsp3) is 0.458. The maximum Gasteiger partial charge on any atom is 0.335 e. The first-order chi connectivity index (χ1) is 14.2. The van der Waals surface area contributed by atoms with Crippen LogP contribution in [0.15, 0.2) is 48.5 Å². The van der Waals surface area contributed by atoms with E-state index in [1.165, 1.54) is 17.7 Å². The van der Waals surface area contributed by atoms with Crippen LogP contribution >= 0.6 is 0 Å². The third-order valence-electron chi connectivity index (χ3n) is 5.10. The number of aryl methyl sites for hydroxylation is 1. The predicted molar refractivity (Wildman–Crippen MR) is 115 cm³/mol.